The van der Waals surface area contributed by atoms with E-state index in [0.717, 1.165) is 38.7 Å². The van der Waals surface area contributed by atoms with E-state index in [9.17, 15) is 8.42 Å². The number of fused-ring (bicyclic) bond motifs is 3. The van der Waals surface area contributed by atoms with Gasteiger partial charge in [0.1, 0.15) is 5.82 Å². The first kappa shape index (κ1) is 14.7. The van der Waals surface area contributed by atoms with E-state index >= 15 is 0 Å². The fraction of sp³-hybridized carbons (Fsp3) is 0.643. The third-order valence-corrected chi connectivity index (χ3v) is 5.31. The van der Waals surface area contributed by atoms with Crippen molar-refractivity contribution in [2.45, 2.75) is 10.9 Å². The van der Waals surface area contributed by atoms with Crippen molar-refractivity contribution in [2.75, 3.05) is 51.1 Å². The molecule has 6 nitrogen and oxygen atoms in total. The Balaban J connectivity index is 1.83. The topological polar surface area (TPSA) is 62.7 Å². The maximum Gasteiger partial charge on any atom is 0.177 e. The number of nitrogens with zero attached hydrogens (tertiary/aromatic N) is 3. The summed E-state index contributed by atoms with van der Waals surface area (Å²) in [4.78, 5) is 9.21. The van der Waals surface area contributed by atoms with Gasteiger partial charge >= 0.3 is 0 Å². The monoisotopic (exact) mass is 311 g/mol. The van der Waals surface area contributed by atoms with E-state index in [0.29, 0.717) is 12.0 Å². The molecular weight excluding hydrogens is 290 g/mol. The molecule has 2 aliphatic rings. The summed E-state index contributed by atoms with van der Waals surface area (Å²) < 4.78 is 28.7. The molecule has 0 aliphatic carbocycles. The summed E-state index contributed by atoms with van der Waals surface area (Å²) >= 11 is 0. The van der Waals surface area contributed by atoms with Gasteiger partial charge in [0, 0.05) is 38.0 Å². The fourth-order valence-electron chi connectivity index (χ4n) is 3.02. The largest absolute Gasteiger partial charge is 0.379 e. The molecule has 1 aromatic rings. The van der Waals surface area contributed by atoms with Crippen molar-refractivity contribution >= 4 is 15.7 Å². The van der Waals surface area contributed by atoms with Crippen LogP contribution >= 0.6 is 0 Å². The predicted molar refractivity (Wildman–Crippen MR) is 80.3 cm³/mol. The molecule has 1 aromatic heterocycles. The zero-order chi connectivity index (χ0) is 15.0. The molecule has 116 valence electrons. The fourth-order valence-corrected chi connectivity index (χ4v) is 3.58. The number of ether oxygens (including phenoxy) is 1. The molecule has 0 radical (unpaired) electrons. The number of anilines is 1. The summed E-state index contributed by atoms with van der Waals surface area (Å²) in [6.07, 6.45) is 2.65. The van der Waals surface area contributed by atoms with E-state index in [4.69, 9.17) is 4.74 Å². The van der Waals surface area contributed by atoms with Gasteiger partial charge in [0.05, 0.1) is 24.2 Å². The van der Waals surface area contributed by atoms with Crippen LogP contribution in [0.5, 0.6) is 0 Å². The maximum atomic E-state index is 11.5. The minimum atomic E-state index is -3.19. The van der Waals surface area contributed by atoms with Gasteiger partial charge in [-0.1, -0.05) is 0 Å². The lowest BCUT2D eigenvalue weighted by atomic mass is 10.1. The molecule has 21 heavy (non-hydrogen) atoms. The highest BCUT2D eigenvalue weighted by atomic mass is 32.2. The Kier molecular flexibility index (Phi) is 3.90. The number of sulfone groups is 1. The summed E-state index contributed by atoms with van der Waals surface area (Å²) in [6, 6.07) is 3.80. The molecule has 0 saturated carbocycles. The highest BCUT2D eigenvalue weighted by molar-refractivity contribution is 7.90. The third kappa shape index (κ3) is 3.20. The molecule has 2 saturated heterocycles. The first-order valence-corrected chi connectivity index (χ1v) is 9.01. The summed E-state index contributed by atoms with van der Waals surface area (Å²) in [5, 5.41) is 0. The first-order valence-electron chi connectivity index (χ1n) is 7.12. The smallest absolute Gasteiger partial charge is 0.177 e. The molecule has 0 spiro atoms. The van der Waals surface area contributed by atoms with Gasteiger partial charge in [-0.05, 0) is 19.2 Å². The highest BCUT2D eigenvalue weighted by Crippen LogP contribution is 2.23. The summed E-state index contributed by atoms with van der Waals surface area (Å²) in [5.74, 6) is 1.30. The number of rotatable bonds is 2. The predicted octanol–water partition coefficient (Wildman–Crippen LogP) is 0.252. The number of likely N-dealkylation sites (N-methyl/N-ethyl adjacent to an activating group) is 1. The Hall–Kier alpha value is -1.18. The quantitative estimate of drug-likeness (QED) is 0.780. The molecule has 2 atom stereocenters. The minimum Gasteiger partial charge on any atom is -0.379 e. The number of hydrogen-bond acceptors (Lipinski definition) is 6. The zero-order valence-corrected chi connectivity index (χ0v) is 13.2. The summed E-state index contributed by atoms with van der Waals surface area (Å²) in [6.45, 7) is 4.30. The SMILES string of the molecule is CN1C[C@H]2COC[C@@H]1CN(c1ccc(S(C)(=O)=O)cn1)C2. The summed E-state index contributed by atoms with van der Waals surface area (Å²) in [7, 11) is -1.06. The minimum absolute atomic E-state index is 0.265. The maximum absolute atomic E-state index is 11.5. The van der Waals surface area contributed by atoms with Gasteiger partial charge in [-0.2, -0.15) is 0 Å². The van der Waals surface area contributed by atoms with Gasteiger partial charge in [-0.15, -0.1) is 0 Å². The average molecular weight is 311 g/mol. The Bertz CT molecular complexity index is 602. The average Bonchev–Trinajstić information content (AvgIpc) is 2.66. The molecule has 2 fully saturated rings. The second kappa shape index (κ2) is 5.55. The van der Waals surface area contributed by atoms with Gasteiger partial charge < -0.3 is 9.64 Å². The van der Waals surface area contributed by atoms with Crippen molar-refractivity contribution in [1.29, 1.82) is 0 Å². The van der Waals surface area contributed by atoms with Crippen LogP contribution in [0.1, 0.15) is 0 Å². The van der Waals surface area contributed by atoms with Crippen LogP contribution < -0.4 is 4.90 Å². The number of hydrogen-bond donors (Lipinski definition) is 0. The molecule has 2 aliphatic heterocycles. The Morgan fingerprint density at radius 2 is 2.05 bits per heavy atom. The second-order valence-corrected chi connectivity index (χ2v) is 8.04. The Labute approximate surface area is 125 Å². The van der Waals surface area contributed by atoms with Crippen molar-refractivity contribution < 1.29 is 13.2 Å². The van der Waals surface area contributed by atoms with Crippen LogP contribution in [0, 0.1) is 5.92 Å². The van der Waals surface area contributed by atoms with Gasteiger partial charge in [-0.25, -0.2) is 13.4 Å². The molecule has 0 amide bonds. The Morgan fingerprint density at radius 1 is 1.24 bits per heavy atom. The van der Waals surface area contributed by atoms with Crippen LogP contribution in [0.4, 0.5) is 5.82 Å². The van der Waals surface area contributed by atoms with E-state index in [1.807, 2.05) is 0 Å². The molecule has 2 bridgehead atoms. The van der Waals surface area contributed by atoms with E-state index in [-0.39, 0.29) is 4.90 Å². The molecule has 0 unspecified atom stereocenters. The van der Waals surface area contributed by atoms with Crippen LogP contribution in [-0.4, -0.2) is 70.5 Å². The molecule has 0 aromatic carbocycles. The van der Waals surface area contributed by atoms with Crippen molar-refractivity contribution in [2.24, 2.45) is 5.92 Å². The van der Waals surface area contributed by atoms with Crippen molar-refractivity contribution in [1.82, 2.24) is 9.88 Å². The lowest BCUT2D eigenvalue weighted by Gasteiger charge is -2.30. The van der Waals surface area contributed by atoms with Crippen LogP contribution in [0.3, 0.4) is 0 Å². The van der Waals surface area contributed by atoms with Crippen LogP contribution in [-0.2, 0) is 14.6 Å². The highest BCUT2D eigenvalue weighted by Gasteiger charge is 2.31. The summed E-state index contributed by atoms with van der Waals surface area (Å²) in [5.41, 5.74) is 0. The molecule has 3 rings (SSSR count). The van der Waals surface area contributed by atoms with E-state index in [2.05, 4.69) is 21.8 Å². The number of pyridine rings is 1. The Morgan fingerprint density at radius 3 is 2.71 bits per heavy atom. The molecule has 0 N–H and O–H groups in total. The molecular formula is C14H21N3O3S. The van der Waals surface area contributed by atoms with Crippen molar-refractivity contribution in [3.8, 4) is 0 Å². The first-order chi connectivity index (χ1) is 9.93. The van der Waals surface area contributed by atoms with Gasteiger partial charge in [0.2, 0.25) is 0 Å². The lowest BCUT2D eigenvalue weighted by Crippen LogP contribution is -2.42. The second-order valence-electron chi connectivity index (χ2n) is 6.03. The third-order valence-electron chi connectivity index (χ3n) is 4.22. The van der Waals surface area contributed by atoms with E-state index < -0.39 is 9.84 Å². The standard InChI is InChI=1S/C14H21N3O3S/c1-16-6-11-7-17(8-12(16)10-20-9-11)14-4-3-13(5-15-14)21(2,18)19/h3-5,11-12H,6-10H2,1-2H3/t11-,12+/m1/s1. The van der Waals surface area contributed by atoms with Crippen LogP contribution in [0.15, 0.2) is 23.2 Å². The zero-order valence-electron chi connectivity index (χ0n) is 12.4. The van der Waals surface area contributed by atoms with Gasteiger partial charge in [-0.3, -0.25) is 4.90 Å². The van der Waals surface area contributed by atoms with Crippen molar-refractivity contribution in [3.63, 3.8) is 0 Å². The normalized spacial score (nSPS) is 27.4. The molecule has 3 heterocycles. The van der Waals surface area contributed by atoms with Gasteiger partial charge in [0.15, 0.2) is 9.84 Å². The van der Waals surface area contributed by atoms with Gasteiger partial charge in [0.25, 0.3) is 0 Å². The van der Waals surface area contributed by atoms with Crippen LogP contribution in [0.25, 0.3) is 0 Å². The van der Waals surface area contributed by atoms with Crippen LogP contribution in [0.2, 0.25) is 0 Å². The van der Waals surface area contributed by atoms with E-state index in [1.54, 1.807) is 12.1 Å². The number of aromatic nitrogens is 1. The molecule has 7 heteroatoms. The van der Waals surface area contributed by atoms with Crippen molar-refractivity contribution in [3.05, 3.63) is 18.3 Å². The lowest BCUT2D eigenvalue weighted by molar-refractivity contribution is 0.0930. The van der Waals surface area contributed by atoms with E-state index in [1.165, 1.54) is 12.5 Å².